The highest BCUT2D eigenvalue weighted by molar-refractivity contribution is 5.37. The summed E-state index contributed by atoms with van der Waals surface area (Å²) in [7, 11) is 0. The monoisotopic (exact) mass is 272 g/mol. The molecule has 104 valence electrons. The van der Waals surface area contributed by atoms with Gasteiger partial charge in [-0.2, -0.15) is 0 Å². The minimum atomic E-state index is -0.569. The third kappa shape index (κ3) is 2.83. The lowest BCUT2D eigenvalue weighted by atomic mass is 9.95. The van der Waals surface area contributed by atoms with E-state index in [0.29, 0.717) is 17.7 Å². The number of fused-ring (bicyclic) bond motifs is 1. The van der Waals surface area contributed by atoms with Crippen molar-refractivity contribution in [2.24, 2.45) is 0 Å². The molecule has 2 aromatic carbocycles. The van der Waals surface area contributed by atoms with Crippen LogP contribution in [0.1, 0.15) is 30.1 Å². The minimum Gasteiger partial charge on any atom is -0.490 e. The van der Waals surface area contributed by atoms with E-state index in [1.807, 2.05) is 18.2 Å². The fourth-order valence-electron chi connectivity index (χ4n) is 2.64. The number of hydrogen-bond donors (Lipinski definition) is 1. The summed E-state index contributed by atoms with van der Waals surface area (Å²) < 4.78 is 19.0. The van der Waals surface area contributed by atoms with Gasteiger partial charge < -0.3 is 9.84 Å². The number of aliphatic hydroxyl groups is 1. The van der Waals surface area contributed by atoms with Crippen LogP contribution >= 0.6 is 0 Å². The van der Waals surface area contributed by atoms with Gasteiger partial charge in [0.2, 0.25) is 0 Å². The summed E-state index contributed by atoms with van der Waals surface area (Å²) in [4.78, 5) is 0. The molecule has 0 fully saturated rings. The van der Waals surface area contributed by atoms with Crippen molar-refractivity contribution in [2.45, 2.75) is 31.5 Å². The Morgan fingerprint density at radius 2 is 1.95 bits per heavy atom. The molecule has 2 aromatic rings. The van der Waals surface area contributed by atoms with Crippen molar-refractivity contribution in [2.75, 3.05) is 0 Å². The van der Waals surface area contributed by atoms with Gasteiger partial charge in [0.15, 0.2) is 0 Å². The van der Waals surface area contributed by atoms with Crippen molar-refractivity contribution in [1.82, 2.24) is 0 Å². The molecule has 2 unspecified atom stereocenters. The van der Waals surface area contributed by atoms with Crippen molar-refractivity contribution < 1.29 is 14.2 Å². The Hall–Kier alpha value is -1.87. The number of aryl methyl sites for hydroxylation is 1. The first-order valence-corrected chi connectivity index (χ1v) is 6.90. The Morgan fingerprint density at radius 3 is 2.75 bits per heavy atom. The Kier molecular flexibility index (Phi) is 3.70. The molecule has 1 aliphatic rings. The van der Waals surface area contributed by atoms with Crippen LogP contribution in [0.5, 0.6) is 5.75 Å². The maximum absolute atomic E-state index is 13.2. The molecule has 0 aliphatic carbocycles. The first-order valence-electron chi connectivity index (χ1n) is 6.90. The average molecular weight is 272 g/mol. The lowest BCUT2D eigenvalue weighted by Gasteiger charge is -2.29. The Balaban J connectivity index is 1.68. The zero-order valence-electron chi connectivity index (χ0n) is 11.1. The maximum Gasteiger partial charge on any atom is 0.128 e. The molecular weight excluding hydrogens is 255 g/mol. The van der Waals surface area contributed by atoms with Gasteiger partial charge in [0.05, 0.1) is 6.10 Å². The molecule has 0 aromatic heterocycles. The topological polar surface area (TPSA) is 29.5 Å². The molecule has 2 nitrogen and oxygen atoms in total. The van der Waals surface area contributed by atoms with Gasteiger partial charge in [-0.1, -0.05) is 30.3 Å². The van der Waals surface area contributed by atoms with Crippen molar-refractivity contribution in [3.8, 4) is 5.75 Å². The van der Waals surface area contributed by atoms with Crippen LogP contribution in [-0.2, 0) is 6.42 Å². The van der Waals surface area contributed by atoms with Crippen LogP contribution in [0.3, 0.4) is 0 Å². The third-order valence-corrected chi connectivity index (χ3v) is 3.71. The standard InChI is InChI=1S/C17H17FO2/c18-13-7-9-15-16(19)11-14(20-17(15)10-13)8-6-12-4-2-1-3-5-12/h1-5,7,9-10,14,16,19H,6,8,11H2. The van der Waals surface area contributed by atoms with E-state index in [4.69, 9.17) is 4.74 Å². The molecule has 0 bridgehead atoms. The van der Waals surface area contributed by atoms with E-state index in [9.17, 15) is 9.50 Å². The zero-order chi connectivity index (χ0) is 13.9. The second kappa shape index (κ2) is 5.63. The van der Waals surface area contributed by atoms with Gasteiger partial charge >= 0.3 is 0 Å². The number of halogens is 1. The summed E-state index contributed by atoms with van der Waals surface area (Å²) in [6, 6.07) is 14.5. The molecule has 0 spiro atoms. The van der Waals surface area contributed by atoms with E-state index >= 15 is 0 Å². The molecule has 20 heavy (non-hydrogen) atoms. The first-order chi connectivity index (χ1) is 9.72. The molecular formula is C17H17FO2. The summed E-state index contributed by atoms with van der Waals surface area (Å²) >= 11 is 0. The quantitative estimate of drug-likeness (QED) is 0.924. The molecule has 1 heterocycles. The van der Waals surface area contributed by atoms with Gasteiger partial charge in [-0.15, -0.1) is 0 Å². The third-order valence-electron chi connectivity index (χ3n) is 3.71. The summed E-state index contributed by atoms with van der Waals surface area (Å²) in [5, 5.41) is 10.1. The highest BCUT2D eigenvalue weighted by Gasteiger charge is 2.26. The first kappa shape index (κ1) is 13.1. The molecule has 1 N–H and O–H groups in total. The number of aliphatic hydroxyl groups excluding tert-OH is 1. The molecule has 2 atom stereocenters. The summed E-state index contributed by atoms with van der Waals surface area (Å²) in [5.41, 5.74) is 1.93. The van der Waals surface area contributed by atoms with Crippen molar-refractivity contribution >= 4 is 0 Å². The number of hydrogen-bond acceptors (Lipinski definition) is 2. The molecule has 0 amide bonds. The summed E-state index contributed by atoms with van der Waals surface area (Å²) in [5.74, 6) is 0.140. The molecule has 3 heteroatoms. The Labute approximate surface area is 117 Å². The normalized spacial score (nSPS) is 21.1. The van der Waals surface area contributed by atoms with Crippen molar-refractivity contribution in [3.63, 3.8) is 0 Å². The minimum absolute atomic E-state index is 0.0699. The van der Waals surface area contributed by atoms with E-state index in [-0.39, 0.29) is 11.9 Å². The van der Waals surface area contributed by atoms with Crippen molar-refractivity contribution in [1.29, 1.82) is 0 Å². The molecule has 0 radical (unpaired) electrons. The van der Waals surface area contributed by atoms with Crippen LogP contribution in [-0.4, -0.2) is 11.2 Å². The van der Waals surface area contributed by atoms with Gasteiger partial charge in [-0.3, -0.25) is 0 Å². The van der Waals surface area contributed by atoms with Gasteiger partial charge in [-0.05, 0) is 30.5 Å². The summed E-state index contributed by atoms with van der Waals surface area (Å²) in [6.45, 7) is 0. The van der Waals surface area contributed by atoms with Crippen molar-refractivity contribution in [3.05, 3.63) is 65.5 Å². The van der Waals surface area contributed by atoms with E-state index in [0.717, 1.165) is 12.8 Å². The SMILES string of the molecule is OC1CC(CCc2ccccc2)Oc2cc(F)ccc21. The molecule has 3 rings (SSSR count). The van der Waals surface area contributed by atoms with Gasteiger partial charge in [0.1, 0.15) is 17.7 Å². The van der Waals surface area contributed by atoms with Crippen LogP contribution < -0.4 is 4.74 Å². The fraction of sp³-hybridized carbons (Fsp3) is 0.294. The highest BCUT2D eigenvalue weighted by Crippen LogP contribution is 2.36. The van der Waals surface area contributed by atoms with Crippen LogP contribution in [0, 0.1) is 5.82 Å². The number of ether oxygens (including phenoxy) is 1. The zero-order valence-corrected chi connectivity index (χ0v) is 11.1. The van der Waals surface area contributed by atoms with Crippen LogP contribution in [0.15, 0.2) is 48.5 Å². The number of benzene rings is 2. The highest BCUT2D eigenvalue weighted by atomic mass is 19.1. The smallest absolute Gasteiger partial charge is 0.128 e. The largest absolute Gasteiger partial charge is 0.490 e. The van der Waals surface area contributed by atoms with Gasteiger partial charge in [0, 0.05) is 18.1 Å². The Bertz CT molecular complexity index is 583. The molecule has 0 saturated heterocycles. The average Bonchev–Trinajstić information content (AvgIpc) is 2.46. The van der Waals surface area contributed by atoms with E-state index in [1.165, 1.54) is 17.7 Å². The van der Waals surface area contributed by atoms with E-state index < -0.39 is 6.10 Å². The molecule has 1 aliphatic heterocycles. The van der Waals surface area contributed by atoms with Gasteiger partial charge in [-0.25, -0.2) is 4.39 Å². The van der Waals surface area contributed by atoms with Gasteiger partial charge in [0.25, 0.3) is 0 Å². The molecule has 0 saturated carbocycles. The van der Waals surface area contributed by atoms with E-state index in [2.05, 4.69) is 12.1 Å². The van der Waals surface area contributed by atoms with Crippen LogP contribution in [0.2, 0.25) is 0 Å². The second-order valence-corrected chi connectivity index (χ2v) is 5.20. The number of rotatable bonds is 3. The lowest BCUT2D eigenvalue weighted by molar-refractivity contribution is 0.0616. The predicted molar refractivity (Wildman–Crippen MR) is 75.2 cm³/mol. The second-order valence-electron chi connectivity index (χ2n) is 5.20. The van der Waals surface area contributed by atoms with Crippen LogP contribution in [0.25, 0.3) is 0 Å². The lowest BCUT2D eigenvalue weighted by Crippen LogP contribution is -2.26. The summed E-state index contributed by atoms with van der Waals surface area (Å²) in [6.07, 6.45) is 1.63. The fourth-order valence-corrected chi connectivity index (χ4v) is 2.64. The van der Waals surface area contributed by atoms with E-state index in [1.54, 1.807) is 6.07 Å². The van der Waals surface area contributed by atoms with Crippen LogP contribution in [0.4, 0.5) is 4.39 Å². The predicted octanol–water partition coefficient (Wildman–Crippen LogP) is 3.64. The maximum atomic E-state index is 13.2. The Morgan fingerprint density at radius 1 is 1.15 bits per heavy atom.